The number of carbonyl (C=O) groups is 2. The molecule has 9 heteroatoms. The van der Waals surface area contributed by atoms with Crippen molar-refractivity contribution in [3.05, 3.63) is 54.4 Å². The zero-order valence-corrected chi connectivity index (χ0v) is 19.4. The van der Waals surface area contributed by atoms with Gasteiger partial charge < -0.3 is 14.8 Å². The smallest absolute Gasteiger partial charge is 0.253 e. The van der Waals surface area contributed by atoms with Gasteiger partial charge in [-0.05, 0) is 50.6 Å². The summed E-state index contributed by atoms with van der Waals surface area (Å²) in [5, 5.41) is 12.2. The highest BCUT2D eigenvalue weighted by Gasteiger charge is 2.16. The first-order valence-electron chi connectivity index (χ1n) is 10.7. The van der Waals surface area contributed by atoms with Crippen LogP contribution >= 0.6 is 11.8 Å². The number of hydrogen-bond donors (Lipinski definition) is 1. The highest BCUT2D eigenvalue weighted by molar-refractivity contribution is 7.99. The summed E-state index contributed by atoms with van der Waals surface area (Å²) >= 11 is 1.34. The van der Waals surface area contributed by atoms with E-state index >= 15 is 0 Å². The maximum absolute atomic E-state index is 12.6. The third kappa shape index (κ3) is 5.73. The van der Waals surface area contributed by atoms with Gasteiger partial charge in [0.1, 0.15) is 0 Å². The summed E-state index contributed by atoms with van der Waals surface area (Å²) in [7, 11) is 0. The summed E-state index contributed by atoms with van der Waals surface area (Å²) in [6.45, 7) is 8.02. The first-order valence-corrected chi connectivity index (χ1v) is 11.7. The van der Waals surface area contributed by atoms with Gasteiger partial charge >= 0.3 is 0 Å². The summed E-state index contributed by atoms with van der Waals surface area (Å²) in [5.41, 5.74) is 2.09. The lowest BCUT2D eigenvalue weighted by Crippen LogP contribution is -2.30. The number of pyridine rings is 1. The van der Waals surface area contributed by atoms with Crippen LogP contribution in [0.5, 0.6) is 0 Å². The average Bonchev–Trinajstić information content (AvgIpc) is 3.22. The molecule has 0 aliphatic heterocycles. The molecule has 32 heavy (non-hydrogen) atoms. The molecule has 8 nitrogen and oxygen atoms in total. The van der Waals surface area contributed by atoms with Gasteiger partial charge in [-0.1, -0.05) is 24.8 Å². The molecule has 1 aromatic carbocycles. The normalized spacial score (nSPS) is 10.7. The SMILES string of the molecule is CCCn1c(SCC(=O)Nc2cccc(C(=O)N(CC)CC)c2)nnc1-c1ccncc1. The standard InChI is InChI=1S/C23H28N6O2S/c1-4-14-29-21(17-10-12-24-13-11-17)26-27-23(29)32-16-20(30)25-19-9-7-8-18(15-19)22(31)28(5-2)6-3/h7-13,15H,4-6,14,16H2,1-3H3,(H,25,30). The second-order valence-electron chi connectivity index (χ2n) is 7.09. The van der Waals surface area contributed by atoms with Gasteiger partial charge in [0.05, 0.1) is 5.75 Å². The fourth-order valence-electron chi connectivity index (χ4n) is 3.29. The maximum Gasteiger partial charge on any atom is 0.253 e. The van der Waals surface area contributed by atoms with Crippen molar-refractivity contribution < 1.29 is 9.59 Å². The minimum atomic E-state index is -0.168. The Bertz CT molecular complexity index is 1050. The number of anilines is 1. The molecule has 3 aromatic rings. The molecule has 0 aliphatic rings. The number of hydrogen-bond acceptors (Lipinski definition) is 6. The van der Waals surface area contributed by atoms with Gasteiger partial charge in [0.25, 0.3) is 5.91 Å². The lowest BCUT2D eigenvalue weighted by Gasteiger charge is -2.19. The van der Waals surface area contributed by atoms with Gasteiger partial charge in [-0.2, -0.15) is 0 Å². The number of rotatable bonds is 10. The second-order valence-corrected chi connectivity index (χ2v) is 8.03. The highest BCUT2D eigenvalue weighted by Crippen LogP contribution is 2.24. The van der Waals surface area contributed by atoms with Gasteiger partial charge in [-0.3, -0.25) is 14.6 Å². The van der Waals surface area contributed by atoms with E-state index in [9.17, 15) is 9.59 Å². The molecule has 1 N–H and O–H groups in total. The van der Waals surface area contributed by atoms with E-state index < -0.39 is 0 Å². The van der Waals surface area contributed by atoms with Crippen LogP contribution in [0.3, 0.4) is 0 Å². The minimum Gasteiger partial charge on any atom is -0.339 e. The van der Waals surface area contributed by atoms with E-state index in [4.69, 9.17) is 0 Å². The van der Waals surface area contributed by atoms with Crippen LogP contribution in [0.4, 0.5) is 5.69 Å². The van der Waals surface area contributed by atoms with Crippen molar-refractivity contribution in [3.63, 3.8) is 0 Å². The summed E-state index contributed by atoms with van der Waals surface area (Å²) in [6.07, 6.45) is 4.36. The van der Waals surface area contributed by atoms with Crippen LogP contribution in [-0.2, 0) is 11.3 Å². The topological polar surface area (TPSA) is 93.0 Å². The van der Waals surface area contributed by atoms with E-state index in [1.807, 2.05) is 30.5 Å². The van der Waals surface area contributed by atoms with Crippen molar-refractivity contribution in [1.82, 2.24) is 24.6 Å². The predicted octanol–water partition coefficient (Wildman–Crippen LogP) is 3.96. The average molecular weight is 453 g/mol. The molecule has 0 atom stereocenters. The molecule has 2 heterocycles. The third-order valence-electron chi connectivity index (χ3n) is 4.88. The van der Waals surface area contributed by atoms with Crippen LogP contribution in [-0.4, -0.2) is 55.3 Å². The molecule has 0 radical (unpaired) electrons. The van der Waals surface area contributed by atoms with Crippen molar-refractivity contribution in [3.8, 4) is 11.4 Å². The van der Waals surface area contributed by atoms with Crippen LogP contribution < -0.4 is 5.32 Å². The Labute approximate surface area is 192 Å². The summed E-state index contributed by atoms with van der Waals surface area (Å²) in [4.78, 5) is 30.9. The van der Waals surface area contributed by atoms with Crippen molar-refractivity contribution in [1.29, 1.82) is 0 Å². The molecule has 0 aliphatic carbocycles. The van der Waals surface area contributed by atoms with Crippen LogP contribution in [0.15, 0.2) is 53.9 Å². The molecule has 3 rings (SSSR count). The summed E-state index contributed by atoms with van der Waals surface area (Å²) < 4.78 is 2.02. The maximum atomic E-state index is 12.6. The van der Waals surface area contributed by atoms with Crippen molar-refractivity contribution in [2.75, 3.05) is 24.2 Å². The minimum absolute atomic E-state index is 0.0446. The quantitative estimate of drug-likeness (QED) is 0.468. The molecule has 0 unspecified atom stereocenters. The van der Waals surface area contributed by atoms with Gasteiger partial charge in [0.2, 0.25) is 5.91 Å². The van der Waals surface area contributed by atoms with E-state index in [2.05, 4.69) is 27.4 Å². The van der Waals surface area contributed by atoms with Crippen LogP contribution in [0, 0.1) is 0 Å². The van der Waals surface area contributed by atoms with Gasteiger partial charge in [-0.25, -0.2) is 0 Å². The summed E-state index contributed by atoms with van der Waals surface area (Å²) in [6, 6.07) is 10.8. The van der Waals surface area contributed by atoms with Crippen LogP contribution in [0.25, 0.3) is 11.4 Å². The molecular weight excluding hydrogens is 424 g/mol. The predicted molar refractivity (Wildman–Crippen MR) is 127 cm³/mol. The monoisotopic (exact) mass is 452 g/mol. The zero-order chi connectivity index (χ0) is 22.9. The Morgan fingerprint density at radius 2 is 1.81 bits per heavy atom. The highest BCUT2D eigenvalue weighted by atomic mass is 32.2. The molecular formula is C23H28N6O2S. The molecule has 0 saturated carbocycles. The molecule has 0 fully saturated rings. The number of amides is 2. The molecule has 0 spiro atoms. The fraction of sp³-hybridized carbons (Fsp3) is 0.348. The first kappa shape index (κ1) is 23.5. The number of nitrogens with zero attached hydrogens (tertiary/aromatic N) is 5. The molecule has 0 bridgehead atoms. The second kappa shape index (κ2) is 11.4. The molecule has 2 amide bonds. The van der Waals surface area contributed by atoms with E-state index in [0.29, 0.717) is 29.5 Å². The van der Waals surface area contributed by atoms with Gasteiger partial charge in [0.15, 0.2) is 11.0 Å². The number of nitrogens with one attached hydrogen (secondary N) is 1. The van der Waals surface area contributed by atoms with Crippen LogP contribution in [0.2, 0.25) is 0 Å². The Balaban J connectivity index is 1.66. The van der Waals surface area contributed by atoms with Crippen molar-refractivity contribution >= 4 is 29.3 Å². The van der Waals surface area contributed by atoms with E-state index in [0.717, 1.165) is 24.4 Å². The molecule has 168 valence electrons. The molecule has 0 saturated heterocycles. The third-order valence-corrected chi connectivity index (χ3v) is 5.85. The Hall–Kier alpha value is -3.20. The van der Waals surface area contributed by atoms with Gasteiger partial charge in [0, 0.05) is 48.8 Å². The van der Waals surface area contributed by atoms with E-state index in [-0.39, 0.29) is 17.6 Å². The Morgan fingerprint density at radius 3 is 2.50 bits per heavy atom. The van der Waals surface area contributed by atoms with Crippen LogP contribution in [0.1, 0.15) is 37.6 Å². The lowest BCUT2D eigenvalue weighted by molar-refractivity contribution is -0.113. The lowest BCUT2D eigenvalue weighted by atomic mass is 10.1. The van der Waals surface area contributed by atoms with Crippen molar-refractivity contribution in [2.24, 2.45) is 0 Å². The Morgan fingerprint density at radius 1 is 1.06 bits per heavy atom. The zero-order valence-electron chi connectivity index (χ0n) is 18.6. The number of aromatic nitrogens is 4. The van der Waals surface area contributed by atoms with Crippen molar-refractivity contribution in [2.45, 2.75) is 38.9 Å². The van der Waals surface area contributed by atoms with E-state index in [1.54, 1.807) is 41.6 Å². The number of thioether (sulfide) groups is 1. The number of carbonyl (C=O) groups excluding carboxylic acids is 2. The first-order chi connectivity index (χ1) is 15.6. The largest absolute Gasteiger partial charge is 0.339 e. The molecule has 2 aromatic heterocycles. The Kier molecular flexibility index (Phi) is 8.38. The number of benzene rings is 1. The van der Waals surface area contributed by atoms with Gasteiger partial charge in [-0.15, -0.1) is 10.2 Å². The van der Waals surface area contributed by atoms with E-state index in [1.165, 1.54) is 11.8 Å². The summed E-state index contributed by atoms with van der Waals surface area (Å²) in [5.74, 6) is 0.738. The fourth-order valence-corrected chi connectivity index (χ4v) is 4.05.